The van der Waals surface area contributed by atoms with Gasteiger partial charge in [-0.15, -0.1) is 0 Å². The number of nitrogens with one attached hydrogen (secondary N) is 1. The summed E-state index contributed by atoms with van der Waals surface area (Å²) in [4.78, 5) is 11.2. The van der Waals surface area contributed by atoms with E-state index in [1.807, 2.05) is 0 Å². The summed E-state index contributed by atoms with van der Waals surface area (Å²) >= 11 is 0. The molecule has 2 rings (SSSR count). The standard InChI is InChI=1S/C16H17NO5S/c1-2-22-15(16(18)19)12-8-10-14(11-9-12)23(20,21)17-13-6-4-3-5-7-13/h3-11,15,17H,2H2,1H3,(H,18,19). The van der Waals surface area contributed by atoms with Gasteiger partial charge in [-0.2, -0.15) is 0 Å². The van der Waals surface area contributed by atoms with Gasteiger partial charge in [0.15, 0.2) is 6.10 Å². The highest BCUT2D eigenvalue weighted by Gasteiger charge is 2.21. The van der Waals surface area contributed by atoms with Crippen LogP contribution in [0.2, 0.25) is 0 Å². The van der Waals surface area contributed by atoms with Crippen molar-refractivity contribution in [3.05, 3.63) is 60.2 Å². The summed E-state index contributed by atoms with van der Waals surface area (Å²) in [6.07, 6.45) is -1.11. The summed E-state index contributed by atoms with van der Waals surface area (Å²) in [6.45, 7) is 1.94. The molecule has 23 heavy (non-hydrogen) atoms. The van der Waals surface area contributed by atoms with E-state index in [9.17, 15) is 13.2 Å². The second kappa shape index (κ2) is 7.26. The Balaban J connectivity index is 2.23. The van der Waals surface area contributed by atoms with Crippen LogP contribution < -0.4 is 4.72 Å². The SMILES string of the molecule is CCOC(C(=O)O)c1ccc(S(=O)(=O)Nc2ccccc2)cc1. The van der Waals surface area contributed by atoms with Crippen LogP contribution >= 0.6 is 0 Å². The zero-order valence-corrected chi connectivity index (χ0v) is 13.3. The lowest BCUT2D eigenvalue weighted by molar-refractivity contribution is -0.150. The van der Waals surface area contributed by atoms with E-state index in [2.05, 4.69) is 4.72 Å². The molecule has 1 unspecified atom stereocenters. The van der Waals surface area contributed by atoms with Gasteiger partial charge in [0.1, 0.15) is 0 Å². The van der Waals surface area contributed by atoms with Crippen molar-refractivity contribution in [1.82, 2.24) is 0 Å². The van der Waals surface area contributed by atoms with E-state index in [1.54, 1.807) is 37.3 Å². The number of carboxylic acids is 1. The monoisotopic (exact) mass is 335 g/mol. The Morgan fingerprint density at radius 1 is 1.13 bits per heavy atom. The van der Waals surface area contributed by atoms with Crippen LogP contribution in [-0.4, -0.2) is 26.1 Å². The fourth-order valence-electron chi connectivity index (χ4n) is 2.02. The third kappa shape index (κ3) is 4.30. The largest absolute Gasteiger partial charge is 0.479 e. The molecule has 2 aromatic rings. The first-order chi connectivity index (χ1) is 10.9. The Hall–Kier alpha value is -2.38. The smallest absolute Gasteiger partial charge is 0.337 e. The highest BCUT2D eigenvalue weighted by Crippen LogP contribution is 2.21. The average molecular weight is 335 g/mol. The van der Waals surface area contributed by atoms with Gasteiger partial charge in [-0.3, -0.25) is 4.72 Å². The molecule has 0 spiro atoms. The molecule has 0 aromatic heterocycles. The molecule has 0 saturated heterocycles. The Kier molecular flexibility index (Phi) is 5.36. The Labute approximate surface area is 134 Å². The van der Waals surface area contributed by atoms with Crippen LogP contribution in [0.25, 0.3) is 0 Å². The molecule has 6 nitrogen and oxygen atoms in total. The normalized spacial score (nSPS) is 12.6. The minimum Gasteiger partial charge on any atom is -0.479 e. The topological polar surface area (TPSA) is 92.7 Å². The molecular formula is C16H17NO5S. The van der Waals surface area contributed by atoms with Crippen LogP contribution in [0.1, 0.15) is 18.6 Å². The zero-order valence-electron chi connectivity index (χ0n) is 12.5. The first-order valence-electron chi connectivity index (χ1n) is 6.96. The lowest BCUT2D eigenvalue weighted by Crippen LogP contribution is -2.16. The number of hydrogen-bond acceptors (Lipinski definition) is 4. The molecule has 0 aliphatic heterocycles. The number of ether oxygens (including phenoxy) is 1. The predicted octanol–water partition coefficient (Wildman–Crippen LogP) is 2.65. The molecule has 0 saturated carbocycles. The Morgan fingerprint density at radius 3 is 2.26 bits per heavy atom. The molecule has 0 fully saturated rings. The van der Waals surface area contributed by atoms with Crippen molar-refractivity contribution in [2.75, 3.05) is 11.3 Å². The van der Waals surface area contributed by atoms with E-state index in [1.165, 1.54) is 24.3 Å². The number of anilines is 1. The van der Waals surface area contributed by atoms with Crippen LogP contribution in [-0.2, 0) is 19.6 Å². The van der Waals surface area contributed by atoms with Gasteiger partial charge >= 0.3 is 5.97 Å². The molecule has 122 valence electrons. The van der Waals surface area contributed by atoms with Gasteiger partial charge in [-0.25, -0.2) is 13.2 Å². The third-order valence-electron chi connectivity index (χ3n) is 3.08. The number of carbonyl (C=O) groups is 1. The van der Waals surface area contributed by atoms with Crippen LogP contribution in [0.15, 0.2) is 59.5 Å². The molecule has 0 heterocycles. The van der Waals surface area contributed by atoms with Crippen LogP contribution in [0.4, 0.5) is 5.69 Å². The van der Waals surface area contributed by atoms with Crippen molar-refractivity contribution >= 4 is 21.7 Å². The lowest BCUT2D eigenvalue weighted by Gasteiger charge is -2.13. The van der Waals surface area contributed by atoms with Gasteiger partial charge in [-0.1, -0.05) is 30.3 Å². The summed E-state index contributed by atoms with van der Waals surface area (Å²) < 4.78 is 32.2. The van der Waals surface area contributed by atoms with Crippen molar-refractivity contribution in [3.63, 3.8) is 0 Å². The summed E-state index contributed by atoms with van der Waals surface area (Å²) in [5, 5.41) is 9.13. The van der Waals surface area contributed by atoms with E-state index in [0.717, 1.165) is 0 Å². The van der Waals surface area contributed by atoms with E-state index in [-0.39, 0.29) is 11.5 Å². The van der Waals surface area contributed by atoms with Crippen molar-refractivity contribution in [3.8, 4) is 0 Å². The molecule has 0 amide bonds. The molecular weight excluding hydrogens is 318 g/mol. The van der Waals surface area contributed by atoms with Gasteiger partial charge in [0.2, 0.25) is 0 Å². The van der Waals surface area contributed by atoms with E-state index in [4.69, 9.17) is 9.84 Å². The van der Waals surface area contributed by atoms with Gasteiger partial charge in [0.25, 0.3) is 10.0 Å². The van der Waals surface area contributed by atoms with Gasteiger partial charge in [0.05, 0.1) is 4.90 Å². The van der Waals surface area contributed by atoms with Crippen LogP contribution in [0.3, 0.4) is 0 Å². The molecule has 2 aromatic carbocycles. The number of sulfonamides is 1. The maximum Gasteiger partial charge on any atom is 0.337 e. The number of benzene rings is 2. The van der Waals surface area contributed by atoms with Gasteiger partial charge < -0.3 is 9.84 Å². The van der Waals surface area contributed by atoms with E-state index in [0.29, 0.717) is 11.3 Å². The summed E-state index contributed by atoms with van der Waals surface area (Å²) in [5.41, 5.74) is 0.840. The quantitative estimate of drug-likeness (QED) is 0.811. The Bertz CT molecular complexity index is 757. The van der Waals surface area contributed by atoms with E-state index < -0.39 is 22.1 Å². The molecule has 2 N–H and O–H groups in total. The van der Waals surface area contributed by atoms with Gasteiger partial charge in [0, 0.05) is 12.3 Å². The summed E-state index contributed by atoms with van der Waals surface area (Å²) in [7, 11) is -3.73. The minimum atomic E-state index is -3.73. The number of para-hydroxylation sites is 1. The highest BCUT2D eigenvalue weighted by molar-refractivity contribution is 7.92. The molecule has 1 atom stereocenters. The number of hydrogen-bond donors (Lipinski definition) is 2. The fraction of sp³-hybridized carbons (Fsp3) is 0.188. The number of rotatable bonds is 7. The second-order valence-electron chi connectivity index (χ2n) is 4.71. The van der Waals surface area contributed by atoms with Crippen molar-refractivity contribution < 1.29 is 23.1 Å². The summed E-state index contributed by atoms with van der Waals surface area (Å²) in [5.74, 6) is -1.12. The zero-order chi connectivity index (χ0) is 16.9. The molecule has 0 aliphatic carbocycles. The molecule has 7 heteroatoms. The van der Waals surface area contributed by atoms with Crippen LogP contribution in [0, 0.1) is 0 Å². The Morgan fingerprint density at radius 2 is 1.74 bits per heavy atom. The first kappa shape index (κ1) is 17.0. The average Bonchev–Trinajstić information content (AvgIpc) is 2.53. The maximum atomic E-state index is 12.3. The molecule has 0 radical (unpaired) electrons. The highest BCUT2D eigenvalue weighted by atomic mass is 32.2. The predicted molar refractivity (Wildman–Crippen MR) is 85.7 cm³/mol. The summed E-state index contributed by atoms with van der Waals surface area (Å²) in [6, 6.07) is 14.1. The third-order valence-corrected chi connectivity index (χ3v) is 4.47. The molecule has 0 aliphatic rings. The minimum absolute atomic E-state index is 0.0470. The lowest BCUT2D eigenvalue weighted by atomic mass is 10.1. The maximum absolute atomic E-state index is 12.3. The van der Waals surface area contributed by atoms with Crippen molar-refractivity contribution in [2.45, 2.75) is 17.9 Å². The molecule has 0 bridgehead atoms. The van der Waals surface area contributed by atoms with Crippen molar-refractivity contribution in [1.29, 1.82) is 0 Å². The second-order valence-corrected chi connectivity index (χ2v) is 6.40. The van der Waals surface area contributed by atoms with Gasteiger partial charge in [-0.05, 0) is 36.8 Å². The number of carboxylic acid groups (broad SMARTS) is 1. The number of aliphatic carboxylic acids is 1. The van der Waals surface area contributed by atoms with Crippen molar-refractivity contribution in [2.24, 2.45) is 0 Å². The van der Waals surface area contributed by atoms with E-state index >= 15 is 0 Å². The first-order valence-corrected chi connectivity index (χ1v) is 8.44. The van der Waals surface area contributed by atoms with Crippen LogP contribution in [0.5, 0.6) is 0 Å². The fourth-order valence-corrected chi connectivity index (χ4v) is 3.08.